The van der Waals surface area contributed by atoms with E-state index in [1.807, 2.05) is 24.5 Å². The van der Waals surface area contributed by atoms with Crippen LogP contribution in [0.4, 0.5) is 0 Å². The van der Waals surface area contributed by atoms with Crippen molar-refractivity contribution in [2.24, 2.45) is 0 Å². The molecule has 24 heavy (non-hydrogen) atoms. The van der Waals surface area contributed by atoms with E-state index in [4.69, 9.17) is 9.47 Å². The molecule has 0 bridgehead atoms. The van der Waals surface area contributed by atoms with E-state index in [1.165, 1.54) is 16.7 Å². The lowest BCUT2D eigenvalue weighted by atomic mass is 10.0. The lowest BCUT2D eigenvalue weighted by molar-refractivity contribution is -0.0481. The van der Waals surface area contributed by atoms with Gasteiger partial charge in [-0.05, 0) is 23.1 Å². The third-order valence-corrected chi connectivity index (χ3v) is 4.41. The summed E-state index contributed by atoms with van der Waals surface area (Å²) in [5.41, 5.74) is 3.84. The van der Waals surface area contributed by atoms with Gasteiger partial charge in [-0.25, -0.2) is 0 Å². The standard InChI is InChI=1S/C21H25NO2/c1-23-21-14-20(17-24-16-19-10-6-3-7-11-19)12-13-22(21)15-18-8-4-2-5-9-18/h2-11,17,21H,12-16H2,1H3. The first-order chi connectivity index (χ1) is 11.8. The Kier molecular flexibility index (Phi) is 6.05. The molecule has 0 saturated carbocycles. The minimum atomic E-state index is 0.116. The zero-order valence-electron chi connectivity index (χ0n) is 14.2. The number of piperidine rings is 1. The fraction of sp³-hybridized carbons (Fsp3) is 0.333. The van der Waals surface area contributed by atoms with Gasteiger partial charge in [0, 0.05) is 26.6 Å². The zero-order valence-corrected chi connectivity index (χ0v) is 14.2. The van der Waals surface area contributed by atoms with E-state index in [1.54, 1.807) is 7.11 Å². The summed E-state index contributed by atoms with van der Waals surface area (Å²) >= 11 is 0. The highest BCUT2D eigenvalue weighted by Gasteiger charge is 2.24. The molecule has 3 heteroatoms. The molecular weight excluding hydrogens is 298 g/mol. The molecule has 1 fully saturated rings. The first-order valence-electron chi connectivity index (χ1n) is 8.49. The molecule has 1 unspecified atom stereocenters. The van der Waals surface area contributed by atoms with Crippen LogP contribution < -0.4 is 0 Å². The summed E-state index contributed by atoms with van der Waals surface area (Å²) < 4.78 is 11.5. The average molecular weight is 323 g/mol. The molecule has 2 aromatic carbocycles. The van der Waals surface area contributed by atoms with E-state index in [2.05, 4.69) is 47.4 Å². The molecule has 2 aromatic rings. The van der Waals surface area contributed by atoms with Crippen molar-refractivity contribution in [3.8, 4) is 0 Å². The molecule has 3 nitrogen and oxygen atoms in total. The molecule has 0 aromatic heterocycles. The molecule has 0 amide bonds. The lowest BCUT2D eigenvalue weighted by Gasteiger charge is -2.35. The molecule has 1 aliphatic heterocycles. The molecule has 126 valence electrons. The monoisotopic (exact) mass is 323 g/mol. The lowest BCUT2D eigenvalue weighted by Crippen LogP contribution is -2.40. The van der Waals surface area contributed by atoms with Crippen molar-refractivity contribution in [1.29, 1.82) is 0 Å². The van der Waals surface area contributed by atoms with Crippen LogP contribution in [0.15, 0.2) is 72.5 Å². The van der Waals surface area contributed by atoms with Crippen LogP contribution in [-0.4, -0.2) is 24.8 Å². The Hall–Kier alpha value is -2.10. The summed E-state index contributed by atoms with van der Waals surface area (Å²) in [5.74, 6) is 0. The van der Waals surface area contributed by atoms with E-state index in [0.29, 0.717) is 6.61 Å². The van der Waals surface area contributed by atoms with Gasteiger partial charge in [0.15, 0.2) is 0 Å². The number of benzene rings is 2. The number of methoxy groups -OCH3 is 1. The fourth-order valence-corrected chi connectivity index (χ4v) is 3.05. The van der Waals surface area contributed by atoms with E-state index >= 15 is 0 Å². The minimum Gasteiger partial charge on any atom is -0.497 e. The Labute approximate surface area is 144 Å². The maximum atomic E-state index is 5.77. The highest BCUT2D eigenvalue weighted by atomic mass is 16.5. The molecule has 0 N–H and O–H groups in total. The Morgan fingerprint density at radius 2 is 1.67 bits per heavy atom. The predicted molar refractivity (Wildman–Crippen MR) is 96.2 cm³/mol. The second-order valence-electron chi connectivity index (χ2n) is 6.17. The van der Waals surface area contributed by atoms with Crippen molar-refractivity contribution in [2.45, 2.75) is 32.2 Å². The molecule has 0 aliphatic carbocycles. The van der Waals surface area contributed by atoms with Gasteiger partial charge >= 0.3 is 0 Å². The van der Waals surface area contributed by atoms with Crippen LogP contribution >= 0.6 is 0 Å². The summed E-state index contributed by atoms with van der Waals surface area (Å²) in [6.45, 7) is 2.54. The molecule has 0 spiro atoms. The number of rotatable bonds is 6. The number of hydrogen-bond donors (Lipinski definition) is 0. The maximum absolute atomic E-state index is 5.77. The van der Waals surface area contributed by atoms with E-state index < -0.39 is 0 Å². The third-order valence-electron chi connectivity index (χ3n) is 4.41. The number of nitrogens with zero attached hydrogens (tertiary/aromatic N) is 1. The fourth-order valence-electron chi connectivity index (χ4n) is 3.05. The minimum absolute atomic E-state index is 0.116. The highest BCUT2D eigenvalue weighted by molar-refractivity contribution is 5.16. The molecule has 3 rings (SSSR count). The van der Waals surface area contributed by atoms with Gasteiger partial charge in [0.25, 0.3) is 0 Å². The average Bonchev–Trinajstić information content (AvgIpc) is 2.64. The van der Waals surface area contributed by atoms with Crippen molar-refractivity contribution in [3.63, 3.8) is 0 Å². The largest absolute Gasteiger partial charge is 0.497 e. The predicted octanol–water partition coefficient (Wildman–Crippen LogP) is 4.36. The first-order valence-corrected chi connectivity index (χ1v) is 8.49. The maximum Gasteiger partial charge on any atom is 0.114 e. The van der Waals surface area contributed by atoms with Gasteiger partial charge in [-0.3, -0.25) is 4.90 Å². The second kappa shape index (κ2) is 8.67. The molecule has 0 radical (unpaired) electrons. The summed E-state index contributed by atoms with van der Waals surface area (Å²) in [6, 6.07) is 20.8. The molecule has 1 saturated heterocycles. The SMILES string of the molecule is COC1CC(=COCc2ccccc2)CCN1Cc1ccccc1. The van der Waals surface area contributed by atoms with Crippen molar-refractivity contribution in [1.82, 2.24) is 4.90 Å². The van der Waals surface area contributed by atoms with Gasteiger partial charge in [0.05, 0.1) is 6.26 Å². The van der Waals surface area contributed by atoms with E-state index in [-0.39, 0.29) is 6.23 Å². The van der Waals surface area contributed by atoms with Crippen LogP contribution in [0.1, 0.15) is 24.0 Å². The van der Waals surface area contributed by atoms with Crippen LogP contribution in [-0.2, 0) is 22.6 Å². The molecular formula is C21H25NO2. The van der Waals surface area contributed by atoms with Crippen molar-refractivity contribution >= 4 is 0 Å². The Morgan fingerprint density at radius 1 is 1.00 bits per heavy atom. The summed E-state index contributed by atoms with van der Waals surface area (Å²) in [4.78, 5) is 2.39. The van der Waals surface area contributed by atoms with Gasteiger partial charge in [0.1, 0.15) is 12.8 Å². The van der Waals surface area contributed by atoms with Gasteiger partial charge < -0.3 is 9.47 Å². The number of hydrogen-bond acceptors (Lipinski definition) is 3. The summed E-state index contributed by atoms with van der Waals surface area (Å²) in [7, 11) is 1.79. The highest BCUT2D eigenvalue weighted by Crippen LogP contribution is 2.24. The summed E-state index contributed by atoms with van der Waals surface area (Å²) in [5, 5.41) is 0. The zero-order chi connectivity index (χ0) is 16.6. The van der Waals surface area contributed by atoms with Gasteiger partial charge in [-0.2, -0.15) is 0 Å². The summed E-state index contributed by atoms with van der Waals surface area (Å²) in [6.07, 6.45) is 3.98. The van der Waals surface area contributed by atoms with Crippen LogP contribution in [0.3, 0.4) is 0 Å². The van der Waals surface area contributed by atoms with Crippen molar-refractivity contribution in [2.75, 3.05) is 13.7 Å². The normalized spacial score (nSPS) is 20.2. The van der Waals surface area contributed by atoms with E-state index in [9.17, 15) is 0 Å². The number of ether oxygens (including phenoxy) is 2. The van der Waals surface area contributed by atoms with Crippen molar-refractivity contribution in [3.05, 3.63) is 83.6 Å². The van der Waals surface area contributed by atoms with Gasteiger partial charge in [-0.15, -0.1) is 0 Å². The number of likely N-dealkylation sites (tertiary alicyclic amines) is 1. The Bertz CT molecular complexity index is 639. The molecule has 1 heterocycles. The van der Waals surface area contributed by atoms with Crippen LogP contribution in [0, 0.1) is 0 Å². The Balaban J connectivity index is 1.53. The quantitative estimate of drug-likeness (QED) is 0.738. The van der Waals surface area contributed by atoms with Gasteiger partial charge in [0.2, 0.25) is 0 Å². The third kappa shape index (κ3) is 4.70. The Morgan fingerprint density at radius 3 is 2.33 bits per heavy atom. The van der Waals surface area contributed by atoms with E-state index in [0.717, 1.165) is 25.9 Å². The van der Waals surface area contributed by atoms with Crippen LogP contribution in [0.2, 0.25) is 0 Å². The van der Waals surface area contributed by atoms with Gasteiger partial charge in [-0.1, -0.05) is 60.7 Å². The topological polar surface area (TPSA) is 21.7 Å². The smallest absolute Gasteiger partial charge is 0.114 e. The molecule has 1 aliphatic rings. The molecule has 1 atom stereocenters. The van der Waals surface area contributed by atoms with Crippen LogP contribution in [0.5, 0.6) is 0 Å². The van der Waals surface area contributed by atoms with Crippen LogP contribution in [0.25, 0.3) is 0 Å². The second-order valence-corrected chi connectivity index (χ2v) is 6.17. The van der Waals surface area contributed by atoms with Crippen molar-refractivity contribution < 1.29 is 9.47 Å². The first kappa shape index (κ1) is 16.7.